The molecule has 4 rings (SSSR count). The van der Waals surface area contributed by atoms with E-state index in [2.05, 4.69) is 32.1 Å². The molecule has 0 atom stereocenters. The molecule has 34 heavy (non-hydrogen) atoms. The van der Waals surface area contributed by atoms with Crippen LogP contribution in [0.5, 0.6) is 5.75 Å². The van der Waals surface area contributed by atoms with Crippen molar-refractivity contribution in [3.05, 3.63) is 93.4 Å². The minimum absolute atomic E-state index is 0.115. The van der Waals surface area contributed by atoms with E-state index in [1.54, 1.807) is 30.5 Å². The van der Waals surface area contributed by atoms with Crippen LogP contribution in [-0.2, 0) is 6.61 Å². The monoisotopic (exact) mass is 472 g/mol. The molecule has 1 radical (unpaired) electrons. The lowest BCUT2D eigenvalue weighted by atomic mass is 10.1. The zero-order chi connectivity index (χ0) is 24.1. The van der Waals surface area contributed by atoms with Crippen molar-refractivity contribution in [3.63, 3.8) is 0 Å². The summed E-state index contributed by atoms with van der Waals surface area (Å²) in [5.41, 5.74) is 2.13. The molecule has 169 valence electrons. The van der Waals surface area contributed by atoms with Crippen LogP contribution < -0.4 is 10.1 Å². The van der Waals surface area contributed by atoms with Crippen molar-refractivity contribution in [2.24, 2.45) is 0 Å². The van der Waals surface area contributed by atoms with Gasteiger partial charge < -0.3 is 10.1 Å². The van der Waals surface area contributed by atoms with Crippen LogP contribution in [0.1, 0.15) is 25.1 Å². The molecule has 1 N–H and O–H groups in total. The number of benzene rings is 2. The summed E-state index contributed by atoms with van der Waals surface area (Å²) in [6.45, 7) is 3.96. The molecule has 0 fully saturated rings. The molecule has 4 aromatic rings. The lowest BCUT2D eigenvalue weighted by molar-refractivity contribution is -0.385. The summed E-state index contributed by atoms with van der Waals surface area (Å²) < 4.78 is 5.76. The summed E-state index contributed by atoms with van der Waals surface area (Å²) in [7, 11) is 0. The smallest absolute Gasteiger partial charge is 0.285 e. The molecule has 0 saturated heterocycles. The van der Waals surface area contributed by atoms with Crippen molar-refractivity contribution >= 4 is 39.7 Å². The van der Waals surface area contributed by atoms with E-state index in [-0.39, 0.29) is 12.3 Å². The Labute approximate surface area is 201 Å². The van der Waals surface area contributed by atoms with Gasteiger partial charge in [0.15, 0.2) is 0 Å². The summed E-state index contributed by atoms with van der Waals surface area (Å²) in [5, 5.41) is 15.7. The molecule has 2 aromatic heterocycles. The third-order valence-corrected chi connectivity index (χ3v) is 4.99. The first-order chi connectivity index (χ1) is 16.4. The molecule has 0 unspecified atom stereocenters. The van der Waals surface area contributed by atoms with Gasteiger partial charge in [0, 0.05) is 29.3 Å². The van der Waals surface area contributed by atoms with Crippen LogP contribution in [0.25, 0.3) is 10.9 Å². The van der Waals surface area contributed by atoms with Gasteiger partial charge in [-0.2, -0.15) is 0 Å². The maximum Gasteiger partial charge on any atom is 0.285 e. The molecule has 2 aromatic carbocycles. The second kappa shape index (κ2) is 10.1. The Morgan fingerprint density at radius 1 is 1.15 bits per heavy atom. The molecule has 0 bridgehead atoms. The van der Waals surface area contributed by atoms with Gasteiger partial charge in [-0.25, -0.2) is 9.97 Å². The highest BCUT2D eigenvalue weighted by molar-refractivity contribution is 6.32. The van der Waals surface area contributed by atoms with Gasteiger partial charge in [0.2, 0.25) is 0 Å². The minimum atomic E-state index is -0.462. The average molecular weight is 473 g/mol. The van der Waals surface area contributed by atoms with E-state index in [0.717, 1.165) is 11.6 Å². The first-order valence-electron chi connectivity index (χ1n) is 10.3. The van der Waals surface area contributed by atoms with Crippen molar-refractivity contribution in [1.29, 1.82) is 0 Å². The second-order valence-electron chi connectivity index (χ2n) is 7.50. The SMILES string of the molecule is C[C](C)C#Cc1cc2ncnc(Nc3ccc(OCc4ccccn4)c(Cl)c3)c2cc1[N+](=O)[O-]. The molecule has 8 nitrogen and oxygen atoms in total. The van der Waals surface area contributed by atoms with Crippen LogP contribution in [-0.4, -0.2) is 19.9 Å². The van der Waals surface area contributed by atoms with E-state index < -0.39 is 4.92 Å². The maximum atomic E-state index is 11.7. The van der Waals surface area contributed by atoms with Crippen molar-refractivity contribution in [3.8, 4) is 17.6 Å². The molecule has 9 heteroatoms. The molecule has 0 saturated carbocycles. The van der Waals surface area contributed by atoms with Gasteiger partial charge in [-0.3, -0.25) is 15.1 Å². The Balaban J connectivity index is 1.61. The van der Waals surface area contributed by atoms with Crippen molar-refractivity contribution in [2.75, 3.05) is 5.32 Å². The largest absolute Gasteiger partial charge is 0.486 e. The van der Waals surface area contributed by atoms with Crippen molar-refractivity contribution in [1.82, 2.24) is 15.0 Å². The van der Waals surface area contributed by atoms with Crippen molar-refractivity contribution in [2.45, 2.75) is 20.5 Å². The molecule has 0 amide bonds. The molecule has 0 aliphatic carbocycles. The number of nitro groups is 1. The van der Waals surface area contributed by atoms with Crippen LogP contribution >= 0.6 is 11.6 Å². The molecule has 0 aliphatic heterocycles. The van der Waals surface area contributed by atoms with Gasteiger partial charge in [-0.1, -0.05) is 29.5 Å². The van der Waals surface area contributed by atoms with Crippen LogP contribution in [0.15, 0.2) is 61.1 Å². The van der Waals surface area contributed by atoms with Crippen LogP contribution in [0.4, 0.5) is 17.2 Å². The van der Waals surface area contributed by atoms with Crippen LogP contribution in [0.3, 0.4) is 0 Å². The van der Waals surface area contributed by atoms with Gasteiger partial charge in [-0.15, -0.1) is 0 Å². The Hall–Kier alpha value is -4.22. The summed E-state index contributed by atoms with van der Waals surface area (Å²) in [6.07, 6.45) is 3.08. The van der Waals surface area contributed by atoms with Crippen LogP contribution in [0, 0.1) is 27.9 Å². The number of ether oxygens (including phenoxy) is 1. The number of halogens is 1. The zero-order valence-electron chi connectivity index (χ0n) is 18.4. The topological polar surface area (TPSA) is 103 Å². The van der Waals surface area contributed by atoms with Gasteiger partial charge in [0.25, 0.3) is 5.69 Å². The van der Waals surface area contributed by atoms with Crippen molar-refractivity contribution < 1.29 is 9.66 Å². The Morgan fingerprint density at radius 2 is 2.00 bits per heavy atom. The number of fused-ring (bicyclic) bond motifs is 1. The predicted molar refractivity (Wildman–Crippen MR) is 131 cm³/mol. The fourth-order valence-corrected chi connectivity index (χ4v) is 3.34. The van der Waals surface area contributed by atoms with E-state index in [4.69, 9.17) is 16.3 Å². The van der Waals surface area contributed by atoms with Gasteiger partial charge in [0.05, 0.1) is 21.2 Å². The van der Waals surface area contributed by atoms with Gasteiger partial charge in [0.1, 0.15) is 30.1 Å². The Morgan fingerprint density at radius 3 is 2.71 bits per heavy atom. The number of nitro benzene ring substituents is 1. The van der Waals surface area contributed by atoms with E-state index in [1.165, 1.54) is 12.4 Å². The first-order valence-corrected chi connectivity index (χ1v) is 10.6. The number of nitrogens with one attached hydrogen (secondary N) is 1. The summed E-state index contributed by atoms with van der Waals surface area (Å²) in [4.78, 5) is 23.9. The average Bonchev–Trinajstić information content (AvgIpc) is 2.82. The van der Waals surface area contributed by atoms with E-state index >= 15 is 0 Å². The molecule has 0 spiro atoms. The molecule has 2 heterocycles. The summed E-state index contributed by atoms with van der Waals surface area (Å²) in [5.74, 6) is 7.49. The number of rotatable bonds is 6. The normalized spacial score (nSPS) is 10.6. The summed E-state index contributed by atoms with van der Waals surface area (Å²) in [6, 6.07) is 13.8. The van der Waals surface area contributed by atoms with Gasteiger partial charge >= 0.3 is 0 Å². The minimum Gasteiger partial charge on any atom is -0.486 e. The fourth-order valence-electron chi connectivity index (χ4n) is 3.10. The third kappa shape index (κ3) is 5.39. The first kappa shape index (κ1) is 23.0. The maximum absolute atomic E-state index is 11.7. The lowest BCUT2D eigenvalue weighted by Crippen LogP contribution is -2.00. The lowest BCUT2D eigenvalue weighted by Gasteiger charge is -2.12. The third-order valence-electron chi connectivity index (χ3n) is 4.69. The molecule has 0 aliphatic rings. The van der Waals surface area contributed by atoms with Crippen LogP contribution in [0.2, 0.25) is 5.02 Å². The highest BCUT2D eigenvalue weighted by atomic mass is 35.5. The number of nitrogens with zero attached hydrogens (tertiary/aromatic N) is 4. The highest BCUT2D eigenvalue weighted by Gasteiger charge is 2.17. The highest BCUT2D eigenvalue weighted by Crippen LogP contribution is 2.32. The van der Waals surface area contributed by atoms with Gasteiger partial charge in [-0.05, 0) is 50.2 Å². The summed E-state index contributed by atoms with van der Waals surface area (Å²) >= 11 is 6.40. The number of aromatic nitrogens is 3. The van der Waals surface area contributed by atoms with E-state index in [9.17, 15) is 10.1 Å². The number of pyridine rings is 1. The van der Waals surface area contributed by atoms with E-state index in [0.29, 0.717) is 38.7 Å². The quantitative estimate of drug-likeness (QED) is 0.212. The predicted octanol–water partition coefficient (Wildman–Crippen LogP) is 5.87. The Bertz CT molecular complexity index is 1410. The standard InChI is InChI=1S/C25H19ClN5O3/c1-16(2)6-7-17-11-22-20(13-23(17)31(32)33)25(29-15-28-22)30-18-8-9-24(21(26)12-18)34-14-19-5-3-4-10-27-19/h3-5,8-13,15H,14H2,1-2H3,(H,28,29,30). The Kier molecular flexibility index (Phi) is 6.85. The van der Waals surface area contributed by atoms with E-state index in [1.807, 2.05) is 32.0 Å². The molecular weight excluding hydrogens is 454 g/mol. The molecular formula is C25H19ClN5O3. The number of hydrogen-bond acceptors (Lipinski definition) is 7. The number of hydrogen-bond donors (Lipinski definition) is 1. The number of anilines is 2. The zero-order valence-corrected chi connectivity index (χ0v) is 19.1. The second-order valence-corrected chi connectivity index (χ2v) is 7.90. The fraction of sp³-hybridized carbons (Fsp3) is 0.120.